The monoisotopic (exact) mass is 257 g/mol. The quantitative estimate of drug-likeness (QED) is 0.570. The van der Waals surface area contributed by atoms with Crippen LogP contribution < -0.4 is 10.6 Å². The Morgan fingerprint density at radius 3 is 2.71 bits per heavy atom. The van der Waals surface area contributed by atoms with E-state index in [1.165, 1.54) is 5.57 Å². The maximum Gasteiger partial charge on any atom is 0.170 e. The van der Waals surface area contributed by atoms with Gasteiger partial charge in [0.1, 0.15) is 0 Å². The number of hydrogen-bond donors (Lipinski definition) is 2. The average molecular weight is 257 g/mol. The SMILES string of the molecule is CC(C)=CNC(=S)NCCCN1CCOCC1. The van der Waals surface area contributed by atoms with Crippen LogP contribution in [0.5, 0.6) is 0 Å². The predicted molar refractivity (Wildman–Crippen MR) is 75.0 cm³/mol. The van der Waals surface area contributed by atoms with Crippen LogP contribution in [0.1, 0.15) is 20.3 Å². The second-order valence-electron chi connectivity index (χ2n) is 4.43. The molecular weight excluding hydrogens is 234 g/mol. The molecule has 0 atom stereocenters. The molecule has 5 heteroatoms. The Labute approximate surface area is 109 Å². The van der Waals surface area contributed by atoms with Crippen LogP contribution in [0.2, 0.25) is 0 Å². The summed E-state index contributed by atoms with van der Waals surface area (Å²) < 4.78 is 5.30. The van der Waals surface area contributed by atoms with Crippen LogP contribution in [-0.4, -0.2) is 49.4 Å². The fourth-order valence-corrected chi connectivity index (χ4v) is 1.75. The van der Waals surface area contributed by atoms with Gasteiger partial charge in [-0.25, -0.2) is 0 Å². The van der Waals surface area contributed by atoms with Gasteiger partial charge < -0.3 is 15.4 Å². The molecule has 4 nitrogen and oxygen atoms in total. The third-order valence-corrected chi connectivity index (χ3v) is 2.79. The van der Waals surface area contributed by atoms with Gasteiger partial charge in [0.05, 0.1) is 13.2 Å². The van der Waals surface area contributed by atoms with Gasteiger partial charge in [-0.1, -0.05) is 5.57 Å². The summed E-state index contributed by atoms with van der Waals surface area (Å²) in [6.45, 7) is 9.95. The van der Waals surface area contributed by atoms with Crippen LogP contribution in [0.15, 0.2) is 11.8 Å². The van der Waals surface area contributed by atoms with Gasteiger partial charge in [-0.15, -0.1) is 0 Å². The van der Waals surface area contributed by atoms with Crippen molar-refractivity contribution in [3.05, 3.63) is 11.8 Å². The van der Waals surface area contributed by atoms with E-state index >= 15 is 0 Å². The molecule has 0 saturated carbocycles. The Morgan fingerprint density at radius 2 is 2.06 bits per heavy atom. The van der Waals surface area contributed by atoms with E-state index in [1.807, 2.05) is 20.0 Å². The van der Waals surface area contributed by atoms with Crippen LogP contribution in [0.3, 0.4) is 0 Å². The molecule has 1 aliphatic heterocycles. The lowest BCUT2D eigenvalue weighted by Gasteiger charge is -2.26. The summed E-state index contributed by atoms with van der Waals surface area (Å²) in [4.78, 5) is 2.43. The molecule has 0 aromatic heterocycles. The first kappa shape index (κ1) is 14.4. The van der Waals surface area contributed by atoms with Gasteiger partial charge in [0, 0.05) is 25.8 Å². The third-order valence-electron chi connectivity index (χ3n) is 2.53. The molecule has 1 saturated heterocycles. The molecule has 0 aliphatic carbocycles. The van der Waals surface area contributed by atoms with E-state index in [2.05, 4.69) is 15.5 Å². The second-order valence-corrected chi connectivity index (χ2v) is 4.84. The summed E-state index contributed by atoms with van der Waals surface area (Å²) in [7, 11) is 0. The molecule has 0 spiro atoms. The number of rotatable bonds is 5. The highest BCUT2D eigenvalue weighted by atomic mass is 32.1. The molecule has 1 fully saturated rings. The highest BCUT2D eigenvalue weighted by Crippen LogP contribution is 1.97. The Hall–Kier alpha value is -0.650. The lowest BCUT2D eigenvalue weighted by Crippen LogP contribution is -2.39. The minimum Gasteiger partial charge on any atom is -0.379 e. The van der Waals surface area contributed by atoms with Gasteiger partial charge >= 0.3 is 0 Å². The molecular formula is C12H23N3OS. The van der Waals surface area contributed by atoms with E-state index in [0.29, 0.717) is 5.11 Å². The summed E-state index contributed by atoms with van der Waals surface area (Å²) in [6, 6.07) is 0. The molecule has 1 heterocycles. The number of nitrogens with one attached hydrogen (secondary N) is 2. The van der Waals surface area contributed by atoms with E-state index in [4.69, 9.17) is 17.0 Å². The fourth-order valence-electron chi connectivity index (χ4n) is 1.59. The molecule has 1 rings (SSSR count). The highest BCUT2D eigenvalue weighted by Gasteiger charge is 2.08. The van der Waals surface area contributed by atoms with Crippen molar-refractivity contribution < 1.29 is 4.74 Å². The van der Waals surface area contributed by atoms with Crippen molar-refractivity contribution in [1.29, 1.82) is 0 Å². The summed E-state index contributed by atoms with van der Waals surface area (Å²) in [5.74, 6) is 0. The molecule has 17 heavy (non-hydrogen) atoms. The maximum atomic E-state index is 5.30. The zero-order chi connectivity index (χ0) is 12.5. The molecule has 98 valence electrons. The van der Waals surface area contributed by atoms with E-state index in [-0.39, 0.29) is 0 Å². The molecule has 1 aliphatic rings. The van der Waals surface area contributed by atoms with Crippen molar-refractivity contribution in [3.63, 3.8) is 0 Å². The molecule has 0 radical (unpaired) electrons. The Kier molecular flexibility index (Phi) is 7.16. The van der Waals surface area contributed by atoms with Crippen LogP contribution in [-0.2, 0) is 4.74 Å². The molecule has 0 amide bonds. The van der Waals surface area contributed by atoms with Gasteiger partial charge in [0.2, 0.25) is 0 Å². The summed E-state index contributed by atoms with van der Waals surface area (Å²) >= 11 is 5.14. The van der Waals surface area contributed by atoms with Crippen LogP contribution in [0.25, 0.3) is 0 Å². The Balaban J connectivity index is 1.99. The maximum absolute atomic E-state index is 5.30. The standard InChI is InChI=1S/C12H23N3OS/c1-11(2)10-14-12(17)13-4-3-5-15-6-8-16-9-7-15/h10H,3-9H2,1-2H3,(H2,13,14,17). The Bertz CT molecular complexity index is 258. The van der Waals surface area contributed by atoms with E-state index in [9.17, 15) is 0 Å². The minimum absolute atomic E-state index is 0.702. The smallest absolute Gasteiger partial charge is 0.170 e. The first-order chi connectivity index (χ1) is 8.18. The Morgan fingerprint density at radius 1 is 1.35 bits per heavy atom. The lowest BCUT2D eigenvalue weighted by atomic mass is 10.3. The van der Waals surface area contributed by atoms with Gasteiger partial charge in [-0.3, -0.25) is 4.90 Å². The number of thiocarbonyl (C=S) groups is 1. The summed E-state index contributed by atoms with van der Waals surface area (Å²) in [6.07, 6.45) is 3.02. The van der Waals surface area contributed by atoms with E-state index in [0.717, 1.165) is 45.8 Å². The van der Waals surface area contributed by atoms with Gasteiger partial charge in [-0.2, -0.15) is 0 Å². The number of morpholine rings is 1. The summed E-state index contributed by atoms with van der Waals surface area (Å²) in [5.41, 5.74) is 1.21. The van der Waals surface area contributed by atoms with Crippen molar-refractivity contribution in [1.82, 2.24) is 15.5 Å². The van der Waals surface area contributed by atoms with Crippen molar-refractivity contribution in [2.75, 3.05) is 39.4 Å². The molecule has 0 aromatic rings. The van der Waals surface area contributed by atoms with Crippen molar-refractivity contribution >= 4 is 17.3 Å². The zero-order valence-corrected chi connectivity index (χ0v) is 11.6. The average Bonchev–Trinajstić information content (AvgIpc) is 2.33. The first-order valence-electron chi connectivity index (χ1n) is 6.16. The summed E-state index contributed by atoms with van der Waals surface area (Å²) in [5, 5.41) is 6.94. The largest absolute Gasteiger partial charge is 0.379 e. The van der Waals surface area contributed by atoms with Gasteiger partial charge in [-0.05, 0) is 39.0 Å². The van der Waals surface area contributed by atoms with Crippen molar-refractivity contribution in [2.45, 2.75) is 20.3 Å². The number of ether oxygens (including phenoxy) is 1. The van der Waals surface area contributed by atoms with Crippen LogP contribution in [0, 0.1) is 0 Å². The molecule has 0 unspecified atom stereocenters. The van der Waals surface area contributed by atoms with Crippen LogP contribution in [0.4, 0.5) is 0 Å². The third kappa shape index (κ3) is 7.31. The van der Waals surface area contributed by atoms with Crippen LogP contribution >= 0.6 is 12.2 Å². The minimum atomic E-state index is 0.702. The van der Waals surface area contributed by atoms with E-state index in [1.54, 1.807) is 0 Å². The first-order valence-corrected chi connectivity index (χ1v) is 6.57. The van der Waals surface area contributed by atoms with Gasteiger partial charge in [0.25, 0.3) is 0 Å². The highest BCUT2D eigenvalue weighted by molar-refractivity contribution is 7.80. The topological polar surface area (TPSA) is 36.5 Å². The lowest BCUT2D eigenvalue weighted by molar-refractivity contribution is 0.0376. The predicted octanol–water partition coefficient (Wildman–Crippen LogP) is 1.10. The number of allylic oxidation sites excluding steroid dienone is 1. The van der Waals surface area contributed by atoms with Crippen molar-refractivity contribution in [3.8, 4) is 0 Å². The molecule has 0 aromatic carbocycles. The second kappa shape index (κ2) is 8.44. The fraction of sp³-hybridized carbons (Fsp3) is 0.750. The number of nitrogens with zero attached hydrogens (tertiary/aromatic N) is 1. The van der Waals surface area contributed by atoms with E-state index < -0.39 is 0 Å². The number of hydrogen-bond acceptors (Lipinski definition) is 3. The van der Waals surface area contributed by atoms with Crippen molar-refractivity contribution in [2.24, 2.45) is 0 Å². The molecule has 0 bridgehead atoms. The normalized spacial score (nSPS) is 16.4. The molecule has 2 N–H and O–H groups in total. The van der Waals surface area contributed by atoms with Gasteiger partial charge in [0.15, 0.2) is 5.11 Å². The zero-order valence-electron chi connectivity index (χ0n) is 10.8.